The Morgan fingerprint density at radius 1 is 0.937 bits per heavy atom. The first-order valence-corrected chi connectivity index (χ1v) is 22.1. The molecule has 0 bridgehead atoms. The normalized spacial score (nSPS) is 17.3. The Morgan fingerprint density at radius 2 is 1.67 bits per heavy atom. The standard InChI is InChI=1S/C52H53Cl2N3O6/c1-4-10-38(26-41(55)11-5-2)35-17-14-33(15-18-35)25-45(52(59)60)56-51(58)47-27-39-28-48-49(29-40(39)30-57(47)46(6-3)36-12-8-7-9-13-36)63-50(32-62-48)37-19-21-42(22-20-37)61-31-34-16-23-43(53)44(54)24-34/h4,7-10,12-24,26,28-29,45-47,50H,1,5-6,11,25,27,30-32,55H2,2-3H3,(H,56,58)(H,59,60)/b38-10+,41-26-/t45-,46-,47-,50+/m0/s1. The summed E-state index contributed by atoms with van der Waals surface area (Å²) in [6.07, 6.45) is 8.15. The van der Waals surface area contributed by atoms with Crippen LogP contribution in [0.25, 0.3) is 5.57 Å². The number of carbonyl (C=O) groups is 2. The Kier molecular flexibility index (Phi) is 15.0. The average Bonchev–Trinajstić information content (AvgIpc) is 3.29. The van der Waals surface area contributed by atoms with Gasteiger partial charge in [-0.25, -0.2) is 4.79 Å². The van der Waals surface area contributed by atoms with Crippen molar-refractivity contribution in [3.63, 3.8) is 0 Å². The van der Waals surface area contributed by atoms with E-state index in [1.54, 1.807) is 18.2 Å². The zero-order chi connectivity index (χ0) is 44.5. The van der Waals surface area contributed by atoms with Crippen molar-refractivity contribution in [1.29, 1.82) is 0 Å². The van der Waals surface area contributed by atoms with Crippen LogP contribution in [0.5, 0.6) is 17.2 Å². The predicted octanol–water partition coefficient (Wildman–Crippen LogP) is 11.0. The lowest BCUT2D eigenvalue weighted by atomic mass is 9.89. The lowest BCUT2D eigenvalue weighted by Gasteiger charge is -2.42. The number of carbonyl (C=O) groups excluding carboxylic acids is 1. The Hall–Kier alpha value is -6.00. The molecular formula is C52H53Cl2N3O6. The first-order chi connectivity index (χ1) is 30.5. The molecule has 0 spiro atoms. The van der Waals surface area contributed by atoms with Crippen molar-refractivity contribution in [3.05, 3.63) is 189 Å². The zero-order valence-electron chi connectivity index (χ0n) is 35.6. The van der Waals surface area contributed by atoms with E-state index in [1.165, 1.54) is 0 Å². The first kappa shape index (κ1) is 45.0. The molecule has 11 heteroatoms. The second-order valence-electron chi connectivity index (χ2n) is 15.9. The van der Waals surface area contributed by atoms with Crippen LogP contribution in [0.3, 0.4) is 0 Å². The number of hydrogen-bond acceptors (Lipinski definition) is 7. The van der Waals surface area contributed by atoms with E-state index in [0.717, 1.165) is 69.5 Å². The number of carboxylic acids is 1. The van der Waals surface area contributed by atoms with Gasteiger partial charge in [0.1, 0.15) is 25.0 Å². The van der Waals surface area contributed by atoms with Crippen molar-refractivity contribution in [3.8, 4) is 17.2 Å². The Balaban J connectivity index is 1.08. The molecule has 4 N–H and O–H groups in total. The summed E-state index contributed by atoms with van der Waals surface area (Å²) in [6, 6.07) is 33.1. The van der Waals surface area contributed by atoms with Gasteiger partial charge in [0, 0.05) is 24.7 Å². The summed E-state index contributed by atoms with van der Waals surface area (Å²) >= 11 is 12.2. The fraction of sp³-hybridized carbons (Fsp3) is 0.269. The number of aliphatic carboxylic acids is 1. The third-order valence-corrected chi connectivity index (χ3v) is 12.3. The van der Waals surface area contributed by atoms with Gasteiger partial charge in [0.25, 0.3) is 0 Å². The summed E-state index contributed by atoms with van der Waals surface area (Å²) in [5, 5.41) is 14.3. The molecule has 2 heterocycles. The number of ether oxygens (including phenoxy) is 3. The molecule has 4 atom stereocenters. The van der Waals surface area contributed by atoms with Gasteiger partial charge in [-0.15, -0.1) is 0 Å². The molecule has 5 aromatic carbocycles. The summed E-state index contributed by atoms with van der Waals surface area (Å²) in [7, 11) is 0. The lowest BCUT2D eigenvalue weighted by Crippen LogP contribution is -2.55. The molecule has 326 valence electrons. The van der Waals surface area contributed by atoms with Crippen LogP contribution in [-0.4, -0.2) is 40.6 Å². The summed E-state index contributed by atoms with van der Waals surface area (Å²) in [5.74, 6) is 0.495. The largest absolute Gasteiger partial charge is 0.489 e. The molecular weight excluding hydrogens is 833 g/mol. The van der Waals surface area contributed by atoms with Crippen LogP contribution in [0.1, 0.15) is 84.2 Å². The third-order valence-electron chi connectivity index (χ3n) is 11.5. The summed E-state index contributed by atoms with van der Waals surface area (Å²) in [4.78, 5) is 29.4. The predicted molar refractivity (Wildman–Crippen MR) is 250 cm³/mol. The average molecular weight is 887 g/mol. The quantitative estimate of drug-likeness (QED) is 0.0789. The summed E-state index contributed by atoms with van der Waals surface area (Å²) in [6.45, 7) is 9.12. The van der Waals surface area contributed by atoms with Crippen molar-refractivity contribution in [2.24, 2.45) is 5.73 Å². The number of amides is 1. The van der Waals surface area contributed by atoms with Gasteiger partial charge in [-0.1, -0.05) is 135 Å². The van der Waals surface area contributed by atoms with E-state index in [-0.39, 0.29) is 24.5 Å². The molecule has 2 aliphatic rings. The second-order valence-corrected chi connectivity index (χ2v) is 16.8. The van der Waals surface area contributed by atoms with E-state index in [9.17, 15) is 14.7 Å². The molecule has 7 rings (SSSR count). The smallest absolute Gasteiger partial charge is 0.326 e. The van der Waals surface area contributed by atoms with E-state index < -0.39 is 18.1 Å². The maximum absolute atomic E-state index is 14.5. The number of nitrogens with one attached hydrogen (secondary N) is 1. The number of fused-ring (bicyclic) bond motifs is 2. The van der Waals surface area contributed by atoms with E-state index in [4.69, 9.17) is 43.1 Å². The highest BCUT2D eigenvalue weighted by Gasteiger charge is 2.39. The van der Waals surface area contributed by atoms with E-state index in [1.807, 2.05) is 97.1 Å². The van der Waals surface area contributed by atoms with Crippen LogP contribution >= 0.6 is 23.2 Å². The van der Waals surface area contributed by atoms with Gasteiger partial charge in [-0.2, -0.15) is 0 Å². The number of nitrogens with zero attached hydrogens (tertiary/aromatic N) is 1. The van der Waals surface area contributed by atoms with Crippen molar-refractivity contribution in [2.45, 2.75) is 83.3 Å². The summed E-state index contributed by atoms with van der Waals surface area (Å²) in [5.41, 5.74) is 14.5. The van der Waals surface area contributed by atoms with Gasteiger partial charge in [0.05, 0.1) is 16.1 Å². The van der Waals surface area contributed by atoms with Crippen molar-refractivity contribution in [1.82, 2.24) is 10.2 Å². The van der Waals surface area contributed by atoms with Crippen LogP contribution in [0, 0.1) is 0 Å². The number of rotatable bonds is 17. The van der Waals surface area contributed by atoms with Crippen molar-refractivity contribution >= 4 is 40.7 Å². The lowest BCUT2D eigenvalue weighted by molar-refractivity contribution is -0.143. The van der Waals surface area contributed by atoms with E-state index in [2.05, 4.69) is 42.8 Å². The maximum atomic E-state index is 14.5. The zero-order valence-corrected chi connectivity index (χ0v) is 37.1. The molecule has 0 aromatic heterocycles. The molecule has 0 unspecified atom stereocenters. The minimum atomic E-state index is -1.15. The summed E-state index contributed by atoms with van der Waals surface area (Å²) < 4.78 is 18.9. The van der Waals surface area contributed by atoms with E-state index >= 15 is 0 Å². The van der Waals surface area contributed by atoms with Crippen molar-refractivity contribution in [2.75, 3.05) is 6.61 Å². The van der Waals surface area contributed by atoms with Crippen LogP contribution in [0.4, 0.5) is 0 Å². The highest BCUT2D eigenvalue weighted by atomic mass is 35.5. The Morgan fingerprint density at radius 3 is 2.35 bits per heavy atom. The fourth-order valence-electron chi connectivity index (χ4n) is 8.27. The molecule has 5 aromatic rings. The molecule has 0 saturated carbocycles. The fourth-order valence-corrected chi connectivity index (χ4v) is 8.59. The van der Waals surface area contributed by atoms with Crippen LogP contribution in [0.2, 0.25) is 10.0 Å². The molecule has 63 heavy (non-hydrogen) atoms. The molecule has 0 aliphatic carbocycles. The maximum Gasteiger partial charge on any atom is 0.326 e. The van der Waals surface area contributed by atoms with Gasteiger partial charge < -0.3 is 30.4 Å². The highest BCUT2D eigenvalue weighted by molar-refractivity contribution is 6.42. The van der Waals surface area contributed by atoms with E-state index in [0.29, 0.717) is 53.5 Å². The molecule has 0 fully saturated rings. The Labute approximate surface area is 379 Å². The van der Waals surface area contributed by atoms with Gasteiger partial charge in [0.15, 0.2) is 17.6 Å². The molecule has 0 radical (unpaired) electrons. The number of hydrogen-bond donors (Lipinski definition) is 3. The van der Waals surface area contributed by atoms with Gasteiger partial charge >= 0.3 is 5.97 Å². The molecule has 2 aliphatic heterocycles. The number of carboxylic acid groups (broad SMARTS) is 1. The molecule has 1 amide bonds. The third kappa shape index (κ3) is 11.2. The minimum absolute atomic E-state index is 0.109. The van der Waals surface area contributed by atoms with Gasteiger partial charge in [0.2, 0.25) is 5.91 Å². The number of nitrogens with two attached hydrogens (primary N) is 1. The van der Waals surface area contributed by atoms with Crippen LogP contribution in [-0.2, 0) is 35.6 Å². The topological polar surface area (TPSA) is 123 Å². The molecule has 0 saturated heterocycles. The van der Waals surface area contributed by atoms with Crippen molar-refractivity contribution < 1.29 is 28.9 Å². The number of halogens is 2. The van der Waals surface area contributed by atoms with Crippen LogP contribution < -0.4 is 25.3 Å². The highest BCUT2D eigenvalue weighted by Crippen LogP contribution is 2.43. The molecule has 9 nitrogen and oxygen atoms in total. The monoisotopic (exact) mass is 885 g/mol. The first-order valence-electron chi connectivity index (χ1n) is 21.4. The van der Waals surface area contributed by atoms with Crippen LogP contribution in [0.15, 0.2) is 140 Å². The van der Waals surface area contributed by atoms with Gasteiger partial charge in [-0.3, -0.25) is 9.69 Å². The minimum Gasteiger partial charge on any atom is -0.489 e. The van der Waals surface area contributed by atoms with Gasteiger partial charge in [-0.05, 0) is 106 Å². The Bertz CT molecular complexity index is 2470. The number of benzene rings is 5. The number of allylic oxidation sites excluding steroid dienone is 5. The second kappa shape index (κ2) is 20.9. The SMILES string of the molecule is C=C/C=C(\C=C(/N)CCC)c1ccc(C[C@H](NC(=O)[C@@H]2Cc3cc4c(cc3CN2[C@@H](CC)c2ccccc2)O[C@@H](c2ccc(OCc3ccc(Cl)c(Cl)c3)cc2)CO4)C(=O)O)cc1.